The van der Waals surface area contributed by atoms with E-state index >= 15 is 0 Å². The highest BCUT2D eigenvalue weighted by molar-refractivity contribution is 7.05. The van der Waals surface area contributed by atoms with Gasteiger partial charge in [0, 0.05) is 17.0 Å². The summed E-state index contributed by atoms with van der Waals surface area (Å²) in [7, 11) is 0. The van der Waals surface area contributed by atoms with Crippen molar-refractivity contribution < 1.29 is 9.72 Å². The lowest BCUT2D eigenvalue weighted by molar-refractivity contribution is -0.385. The van der Waals surface area contributed by atoms with Gasteiger partial charge in [0.05, 0.1) is 16.2 Å². The van der Waals surface area contributed by atoms with E-state index in [1.54, 1.807) is 6.07 Å². The maximum Gasteiger partial charge on any atom is 0.280 e. The van der Waals surface area contributed by atoms with Crippen molar-refractivity contribution in [3.8, 4) is 11.3 Å². The number of Topliss-reactive ketones (excluding diaryl/α,β-unsaturated/α-hetero) is 1. The zero-order valence-corrected chi connectivity index (χ0v) is 9.21. The Hall–Kier alpha value is -1.95. The third-order valence-electron chi connectivity index (χ3n) is 2.23. The van der Waals surface area contributed by atoms with Crippen LogP contribution in [0.5, 0.6) is 0 Å². The monoisotopic (exact) mass is 236 g/mol. The number of hydrogen-bond donors (Lipinski definition) is 1. The van der Waals surface area contributed by atoms with Crippen molar-refractivity contribution in [3.05, 3.63) is 39.3 Å². The Morgan fingerprint density at radius 2 is 2.19 bits per heavy atom. The summed E-state index contributed by atoms with van der Waals surface area (Å²) in [6.07, 6.45) is 0. The largest absolute Gasteiger partial charge is 0.310 e. The summed E-state index contributed by atoms with van der Waals surface area (Å²) in [5.41, 5.74) is 1.55. The molecule has 82 valence electrons. The van der Waals surface area contributed by atoms with Crippen molar-refractivity contribution in [3.63, 3.8) is 0 Å². The van der Waals surface area contributed by atoms with Crippen molar-refractivity contribution in [2.75, 3.05) is 0 Å². The molecule has 2 aromatic rings. The first-order chi connectivity index (χ1) is 7.59. The molecule has 0 aliphatic carbocycles. The molecule has 0 aliphatic rings. The molecule has 0 unspecified atom stereocenters. The quantitative estimate of drug-likeness (QED) is 0.505. The van der Waals surface area contributed by atoms with Crippen molar-refractivity contribution in [1.82, 2.24) is 4.37 Å². The number of carbonyl (C=O) groups excluding carboxylic acids is 1. The van der Waals surface area contributed by atoms with E-state index in [4.69, 9.17) is 0 Å². The number of hydrogen-bond acceptors (Lipinski definition) is 4. The summed E-state index contributed by atoms with van der Waals surface area (Å²) >= 11 is 1.42. The van der Waals surface area contributed by atoms with Crippen molar-refractivity contribution in [2.24, 2.45) is 0 Å². The van der Waals surface area contributed by atoms with E-state index in [1.807, 2.05) is 5.38 Å². The van der Waals surface area contributed by atoms with E-state index in [0.29, 0.717) is 0 Å². The predicted molar refractivity (Wildman–Crippen MR) is 60.8 cm³/mol. The number of rotatable bonds is 3. The van der Waals surface area contributed by atoms with E-state index < -0.39 is 4.92 Å². The van der Waals surface area contributed by atoms with Crippen LogP contribution in [0.15, 0.2) is 23.6 Å². The normalized spacial score (nSPS) is 10.3. The predicted octanol–water partition coefficient (Wildman–Crippen LogP) is 2.85. The Labute approximate surface area is 95.0 Å². The maximum atomic E-state index is 11.2. The molecule has 2 rings (SSSR count). The molecule has 1 aromatic carbocycles. The SMILES string of the molecule is CC(=O)c1ccc(-c2cs[nH]2)cc1[N+](=O)[O-]. The Balaban J connectivity index is 2.54. The minimum atomic E-state index is -0.535. The van der Waals surface area contributed by atoms with Crippen LogP contribution in [0.3, 0.4) is 0 Å². The molecular formula is C10H8N2O3S. The summed E-state index contributed by atoms with van der Waals surface area (Å²) in [6.45, 7) is 1.32. The number of aromatic nitrogens is 1. The molecule has 1 aromatic heterocycles. The van der Waals surface area contributed by atoms with Crippen LogP contribution in [0, 0.1) is 10.1 Å². The van der Waals surface area contributed by atoms with Crippen LogP contribution in [-0.2, 0) is 0 Å². The smallest absolute Gasteiger partial charge is 0.280 e. The molecule has 16 heavy (non-hydrogen) atoms. The van der Waals surface area contributed by atoms with Crippen LogP contribution in [0.2, 0.25) is 0 Å². The first-order valence-electron chi connectivity index (χ1n) is 4.51. The molecular weight excluding hydrogens is 228 g/mol. The van der Waals surface area contributed by atoms with E-state index in [1.165, 1.54) is 30.6 Å². The van der Waals surface area contributed by atoms with E-state index in [0.717, 1.165) is 11.3 Å². The summed E-state index contributed by atoms with van der Waals surface area (Å²) in [4.78, 5) is 21.5. The first kappa shape index (κ1) is 10.6. The second-order valence-electron chi connectivity index (χ2n) is 3.30. The van der Waals surface area contributed by atoms with Crippen LogP contribution in [0.4, 0.5) is 5.69 Å². The van der Waals surface area contributed by atoms with Gasteiger partial charge in [-0.2, -0.15) is 0 Å². The highest BCUT2D eigenvalue weighted by Gasteiger charge is 2.18. The standard InChI is InChI=1S/C10H8N2O3S/c1-6(13)8-3-2-7(9-5-16-11-9)4-10(8)12(14)15/h2-5,11H,1H3. The molecule has 0 fully saturated rings. The van der Waals surface area contributed by atoms with Gasteiger partial charge in [-0.15, -0.1) is 0 Å². The van der Waals surface area contributed by atoms with Gasteiger partial charge in [-0.3, -0.25) is 14.9 Å². The summed E-state index contributed by atoms with van der Waals surface area (Å²) < 4.78 is 2.95. The van der Waals surface area contributed by atoms with Crippen LogP contribution in [0.1, 0.15) is 17.3 Å². The van der Waals surface area contributed by atoms with Crippen molar-refractivity contribution in [1.29, 1.82) is 0 Å². The van der Waals surface area contributed by atoms with Gasteiger partial charge in [-0.25, -0.2) is 0 Å². The minimum Gasteiger partial charge on any atom is -0.310 e. The van der Waals surface area contributed by atoms with Gasteiger partial charge in [-0.1, -0.05) is 17.6 Å². The van der Waals surface area contributed by atoms with Crippen LogP contribution < -0.4 is 0 Å². The number of nitrogens with zero attached hydrogens (tertiary/aromatic N) is 1. The van der Waals surface area contributed by atoms with Gasteiger partial charge in [0.2, 0.25) is 0 Å². The lowest BCUT2D eigenvalue weighted by Gasteiger charge is -2.05. The Bertz CT molecular complexity index is 547. The number of benzene rings is 1. The lowest BCUT2D eigenvalue weighted by Crippen LogP contribution is -2.00. The average Bonchev–Trinajstić information content (AvgIpc) is 2.14. The minimum absolute atomic E-state index is 0.140. The van der Waals surface area contributed by atoms with Crippen LogP contribution in [-0.4, -0.2) is 15.1 Å². The molecule has 0 spiro atoms. The zero-order chi connectivity index (χ0) is 11.7. The van der Waals surface area contributed by atoms with Crippen molar-refractivity contribution >= 4 is 23.0 Å². The molecule has 0 saturated heterocycles. The number of nitro benzene ring substituents is 1. The second-order valence-corrected chi connectivity index (χ2v) is 3.97. The van der Waals surface area contributed by atoms with E-state index in [9.17, 15) is 14.9 Å². The van der Waals surface area contributed by atoms with Gasteiger partial charge < -0.3 is 4.37 Å². The van der Waals surface area contributed by atoms with Crippen LogP contribution in [0.25, 0.3) is 11.3 Å². The molecule has 0 saturated carbocycles. The third kappa shape index (κ3) is 1.74. The average molecular weight is 236 g/mol. The topological polar surface area (TPSA) is 76.0 Å². The van der Waals surface area contributed by atoms with E-state index in [-0.39, 0.29) is 17.0 Å². The Morgan fingerprint density at radius 3 is 2.62 bits per heavy atom. The summed E-state index contributed by atoms with van der Waals surface area (Å²) in [6, 6.07) is 4.60. The molecule has 0 amide bonds. The molecule has 1 N–H and O–H groups in total. The zero-order valence-electron chi connectivity index (χ0n) is 8.39. The third-order valence-corrected chi connectivity index (χ3v) is 2.92. The first-order valence-corrected chi connectivity index (χ1v) is 5.39. The van der Waals surface area contributed by atoms with Gasteiger partial charge in [0.1, 0.15) is 0 Å². The molecule has 1 heterocycles. The number of aromatic amines is 1. The number of ketones is 1. The molecule has 0 radical (unpaired) electrons. The number of nitrogens with one attached hydrogen (secondary N) is 1. The number of nitro groups is 1. The van der Waals surface area contributed by atoms with Gasteiger partial charge in [-0.05, 0) is 13.0 Å². The highest BCUT2D eigenvalue weighted by atomic mass is 32.1. The molecule has 0 aliphatic heterocycles. The molecule has 6 heteroatoms. The van der Waals surface area contributed by atoms with Gasteiger partial charge in [0.25, 0.3) is 5.69 Å². The fraction of sp³-hybridized carbons (Fsp3) is 0.100. The van der Waals surface area contributed by atoms with Gasteiger partial charge in [0.15, 0.2) is 5.78 Å². The van der Waals surface area contributed by atoms with Crippen molar-refractivity contribution in [2.45, 2.75) is 6.92 Å². The number of carbonyl (C=O) groups is 1. The lowest BCUT2D eigenvalue weighted by atomic mass is 10.1. The fourth-order valence-electron chi connectivity index (χ4n) is 1.39. The molecule has 0 bridgehead atoms. The Morgan fingerprint density at radius 1 is 1.50 bits per heavy atom. The summed E-state index contributed by atoms with van der Waals surface area (Å²) in [5.74, 6) is -0.303. The highest BCUT2D eigenvalue weighted by Crippen LogP contribution is 2.28. The van der Waals surface area contributed by atoms with E-state index in [2.05, 4.69) is 4.37 Å². The van der Waals surface area contributed by atoms with Gasteiger partial charge >= 0.3 is 0 Å². The maximum absolute atomic E-state index is 11.2. The fourth-order valence-corrected chi connectivity index (χ4v) is 1.88. The number of H-pyrrole nitrogens is 1. The molecule has 5 nitrogen and oxygen atoms in total. The molecule has 0 atom stereocenters. The van der Waals surface area contributed by atoms with Crippen LogP contribution >= 0.6 is 11.5 Å². The summed E-state index contributed by atoms with van der Waals surface area (Å²) in [5, 5.41) is 12.7. The Kier molecular flexibility index (Phi) is 2.57. The second kappa shape index (κ2) is 3.90.